The van der Waals surface area contributed by atoms with Crippen LogP contribution in [-0.2, 0) is 26.2 Å². The van der Waals surface area contributed by atoms with Crippen molar-refractivity contribution in [1.29, 1.82) is 0 Å². The molecular formula is C30H35F2N3O6S. The molecule has 0 heterocycles. The van der Waals surface area contributed by atoms with Gasteiger partial charge in [-0.25, -0.2) is 17.2 Å². The molecule has 2 amide bonds. The molecule has 0 aliphatic heterocycles. The van der Waals surface area contributed by atoms with Crippen LogP contribution in [0.4, 0.5) is 14.5 Å². The van der Waals surface area contributed by atoms with Crippen LogP contribution in [0.1, 0.15) is 32.3 Å². The third kappa shape index (κ3) is 7.75. The first kappa shape index (κ1) is 32.3. The van der Waals surface area contributed by atoms with Crippen molar-refractivity contribution in [1.82, 2.24) is 10.2 Å². The van der Waals surface area contributed by atoms with Crippen molar-refractivity contribution >= 4 is 27.5 Å². The Balaban J connectivity index is 2.05. The van der Waals surface area contributed by atoms with E-state index < -0.39 is 46.1 Å². The molecule has 12 heteroatoms. The van der Waals surface area contributed by atoms with Crippen LogP contribution in [0, 0.1) is 11.6 Å². The Morgan fingerprint density at radius 3 is 2.24 bits per heavy atom. The molecule has 0 aliphatic carbocycles. The van der Waals surface area contributed by atoms with Gasteiger partial charge in [0.1, 0.15) is 24.2 Å². The Labute approximate surface area is 245 Å². The minimum absolute atomic E-state index is 0.00502. The predicted octanol–water partition coefficient (Wildman–Crippen LogP) is 4.51. The SMILES string of the molecule is CCCCNC(=O)C(C)N(Cc1ccccc1F)C(=O)CN(c1ccc(F)cc1)S(=O)(=O)c1ccc(OC)c(OC)c1. The number of hydrogen-bond donors (Lipinski definition) is 1. The van der Waals surface area contributed by atoms with Gasteiger partial charge in [0.15, 0.2) is 11.5 Å². The number of carbonyl (C=O) groups is 2. The molecule has 0 radical (unpaired) electrons. The lowest BCUT2D eigenvalue weighted by Crippen LogP contribution is -2.51. The van der Waals surface area contributed by atoms with Crippen LogP contribution in [0.2, 0.25) is 0 Å². The Morgan fingerprint density at radius 2 is 1.62 bits per heavy atom. The van der Waals surface area contributed by atoms with Gasteiger partial charge in [-0.05, 0) is 55.8 Å². The van der Waals surface area contributed by atoms with Gasteiger partial charge >= 0.3 is 0 Å². The van der Waals surface area contributed by atoms with E-state index in [0.717, 1.165) is 34.2 Å². The first-order valence-electron chi connectivity index (χ1n) is 13.3. The lowest BCUT2D eigenvalue weighted by atomic mass is 10.1. The molecule has 3 rings (SSSR count). The average molecular weight is 604 g/mol. The van der Waals surface area contributed by atoms with Crippen LogP contribution in [0.25, 0.3) is 0 Å². The maximum Gasteiger partial charge on any atom is 0.264 e. The summed E-state index contributed by atoms with van der Waals surface area (Å²) >= 11 is 0. The lowest BCUT2D eigenvalue weighted by molar-refractivity contribution is -0.139. The monoisotopic (exact) mass is 603 g/mol. The number of carbonyl (C=O) groups excluding carboxylic acids is 2. The van der Waals surface area contributed by atoms with Gasteiger partial charge < -0.3 is 19.7 Å². The summed E-state index contributed by atoms with van der Waals surface area (Å²) in [6.45, 7) is 2.79. The molecule has 0 aliphatic rings. The van der Waals surface area contributed by atoms with Crippen molar-refractivity contribution in [3.05, 3.63) is 83.9 Å². The third-order valence-corrected chi connectivity index (χ3v) is 8.40. The molecule has 3 aromatic rings. The Bertz CT molecular complexity index is 1480. The fourth-order valence-electron chi connectivity index (χ4n) is 4.17. The number of nitrogens with zero attached hydrogens (tertiary/aromatic N) is 2. The Morgan fingerprint density at radius 1 is 0.952 bits per heavy atom. The number of amides is 2. The number of rotatable bonds is 14. The van der Waals surface area contributed by atoms with Gasteiger partial charge in [0.25, 0.3) is 10.0 Å². The number of halogens is 2. The van der Waals surface area contributed by atoms with E-state index >= 15 is 0 Å². The highest BCUT2D eigenvalue weighted by molar-refractivity contribution is 7.92. The quantitative estimate of drug-likeness (QED) is 0.272. The molecule has 0 saturated carbocycles. The topological polar surface area (TPSA) is 105 Å². The van der Waals surface area contributed by atoms with Gasteiger partial charge in [-0.1, -0.05) is 31.5 Å². The van der Waals surface area contributed by atoms with Crippen molar-refractivity contribution in [3.63, 3.8) is 0 Å². The van der Waals surface area contributed by atoms with Crippen molar-refractivity contribution in [2.45, 2.75) is 44.2 Å². The number of ether oxygens (including phenoxy) is 2. The summed E-state index contributed by atoms with van der Waals surface area (Å²) < 4.78 is 67.6. The maximum atomic E-state index is 14.6. The van der Waals surface area contributed by atoms with Crippen molar-refractivity contribution < 1.29 is 36.3 Å². The maximum absolute atomic E-state index is 14.6. The number of sulfonamides is 1. The molecule has 0 saturated heterocycles. The second-order valence-electron chi connectivity index (χ2n) is 9.44. The van der Waals surface area contributed by atoms with E-state index in [9.17, 15) is 26.8 Å². The lowest BCUT2D eigenvalue weighted by Gasteiger charge is -2.32. The molecule has 226 valence electrons. The second-order valence-corrected chi connectivity index (χ2v) is 11.3. The molecule has 42 heavy (non-hydrogen) atoms. The molecule has 0 fully saturated rings. The smallest absolute Gasteiger partial charge is 0.264 e. The van der Waals surface area contributed by atoms with Crippen molar-refractivity contribution in [2.75, 3.05) is 31.6 Å². The summed E-state index contributed by atoms with van der Waals surface area (Å²) in [6, 6.07) is 13.3. The van der Waals surface area contributed by atoms with Crippen LogP contribution in [0.5, 0.6) is 11.5 Å². The van der Waals surface area contributed by atoms with Crippen LogP contribution < -0.4 is 19.1 Å². The summed E-state index contributed by atoms with van der Waals surface area (Å²) in [4.78, 5) is 27.8. The minimum atomic E-state index is -4.44. The van der Waals surface area contributed by atoms with Crippen LogP contribution in [0.3, 0.4) is 0 Å². The number of benzene rings is 3. The van der Waals surface area contributed by atoms with E-state index in [1.807, 2.05) is 6.92 Å². The van der Waals surface area contributed by atoms with Gasteiger partial charge in [0.05, 0.1) is 24.8 Å². The molecule has 1 N–H and O–H groups in total. The molecule has 0 aromatic heterocycles. The van der Waals surface area contributed by atoms with Crippen molar-refractivity contribution in [2.24, 2.45) is 0 Å². The first-order chi connectivity index (χ1) is 20.0. The molecular weight excluding hydrogens is 568 g/mol. The van der Waals surface area contributed by atoms with Gasteiger partial charge in [0.2, 0.25) is 11.8 Å². The molecule has 1 unspecified atom stereocenters. The highest BCUT2D eigenvalue weighted by Gasteiger charge is 2.33. The molecule has 9 nitrogen and oxygen atoms in total. The second kappa shape index (κ2) is 14.6. The largest absolute Gasteiger partial charge is 0.493 e. The summed E-state index contributed by atoms with van der Waals surface area (Å²) in [5.41, 5.74) is 0.153. The summed E-state index contributed by atoms with van der Waals surface area (Å²) in [6.07, 6.45) is 1.56. The van der Waals surface area contributed by atoms with Crippen LogP contribution >= 0.6 is 0 Å². The highest BCUT2D eigenvalue weighted by atomic mass is 32.2. The van der Waals surface area contributed by atoms with Crippen molar-refractivity contribution in [3.8, 4) is 11.5 Å². The zero-order valence-corrected chi connectivity index (χ0v) is 24.8. The number of anilines is 1. The fraction of sp³-hybridized carbons (Fsp3) is 0.333. The average Bonchev–Trinajstić information content (AvgIpc) is 2.99. The van der Waals surface area contributed by atoms with Gasteiger partial charge in [-0.2, -0.15) is 0 Å². The number of hydrogen-bond acceptors (Lipinski definition) is 6. The first-order valence-corrected chi connectivity index (χ1v) is 14.8. The van der Waals surface area contributed by atoms with E-state index in [4.69, 9.17) is 9.47 Å². The zero-order valence-electron chi connectivity index (χ0n) is 24.0. The van der Waals surface area contributed by atoms with Gasteiger partial charge in [-0.3, -0.25) is 13.9 Å². The van der Waals surface area contributed by atoms with E-state index in [0.29, 0.717) is 12.3 Å². The van der Waals surface area contributed by atoms with Gasteiger partial charge in [0, 0.05) is 24.7 Å². The molecule has 0 spiro atoms. The van der Waals surface area contributed by atoms with Crippen LogP contribution in [0.15, 0.2) is 71.6 Å². The minimum Gasteiger partial charge on any atom is -0.493 e. The molecule has 1 atom stereocenters. The standard InChI is InChI=1S/C30H35F2N3O6S/c1-5-6-17-33-30(37)21(2)34(19-22-9-7-8-10-26(22)32)29(36)20-35(24-13-11-23(31)12-14-24)42(38,39)25-15-16-27(40-3)28(18-25)41-4/h7-16,18,21H,5-6,17,19-20H2,1-4H3,(H,33,37). The van der Waals surface area contributed by atoms with E-state index in [1.165, 1.54) is 69.7 Å². The van der Waals surface area contributed by atoms with Crippen LogP contribution in [-0.4, -0.2) is 58.5 Å². The number of unbranched alkanes of at least 4 members (excludes halogenated alkanes) is 1. The molecule has 3 aromatic carbocycles. The van der Waals surface area contributed by atoms with E-state index in [2.05, 4.69) is 5.32 Å². The number of nitrogens with one attached hydrogen (secondary N) is 1. The normalized spacial score (nSPS) is 11.9. The fourth-order valence-corrected chi connectivity index (χ4v) is 5.60. The van der Waals surface area contributed by atoms with Gasteiger partial charge in [-0.15, -0.1) is 0 Å². The molecule has 0 bridgehead atoms. The Kier molecular flexibility index (Phi) is 11.3. The van der Waals surface area contributed by atoms with E-state index in [1.54, 1.807) is 6.07 Å². The third-order valence-electron chi connectivity index (χ3n) is 6.63. The zero-order chi connectivity index (χ0) is 30.9. The Hall–Kier alpha value is -4.19. The highest BCUT2D eigenvalue weighted by Crippen LogP contribution is 2.32. The summed E-state index contributed by atoms with van der Waals surface area (Å²) in [7, 11) is -1.69. The predicted molar refractivity (Wildman–Crippen MR) is 155 cm³/mol. The summed E-state index contributed by atoms with van der Waals surface area (Å²) in [5.74, 6) is -1.99. The summed E-state index contributed by atoms with van der Waals surface area (Å²) in [5, 5.41) is 2.76. The number of methoxy groups -OCH3 is 2. The van der Waals surface area contributed by atoms with E-state index in [-0.39, 0.29) is 28.4 Å².